The smallest absolute Gasteiger partial charge is 0.355 e. The van der Waals surface area contributed by atoms with Gasteiger partial charge in [0.25, 0.3) is 0 Å². The highest BCUT2D eigenvalue weighted by atomic mass is 32.1. The van der Waals surface area contributed by atoms with Crippen LogP contribution in [0, 0.1) is 30.1 Å². The molecular weight excluding hydrogens is 761 g/mol. The van der Waals surface area contributed by atoms with E-state index in [4.69, 9.17) is 25.4 Å². The van der Waals surface area contributed by atoms with E-state index in [0.717, 1.165) is 116 Å². The number of rotatable bonds is 12. The largest absolute Gasteiger partial charge is 0.476 e. The molecule has 4 bridgehead atoms. The Bertz CT molecular complexity index is 2330. The van der Waals surface area contributed by atoms with Gasteiger partial charge in [0.1, 0.15) is 5.82 Å². The zero-order valence-corrected chi connectivity index (χ0v) is 36.0. The Labute approximate surface area is 351 Å². The monoisotopic (exact) mass is 818 g/mol. The number of ether oxygens (including phenoxy) is 1. The standard InChI is InChI=1S/C45H58N10O3S/c1-28-8-10-35-34(19-28)49-41(59-35)51-38-29(2)31-7-6-14-55(39(31)53-52-38)36-11-9-32(37(50-36)40(56)57)33(20-46)30(3)48-27-44-22-42(4)21-43(5,23-44)25-45(24-42,26-44)58-18-17-54-15-12-47-13-16-54/h8-11,19-20,47H,6-7,12-18,21-27,46H2,1-5H3,(H,56,57)(H,49,51,52)/b33-20+,48-30?. The molecule has 13 nitrogen and oxygen atoms in total. The zero-order valence-electron chi connectivity index (χ0n) is 35.2. The second kappa shape index (κ2) is 15.2. The maximum Gasteiger partial charge on any atom is 0.355 e. The van der Waals surface area contributed by atoms with Crippen LogP contribution in [0.5, 0.6) is 0 Å². The van der Waals surface area contributed by atoms with Crippen molar-refractivity contribution in [1.82, 2.24) is 30.4 Å². The molecule has 10 rings (SSSR count). The number of nitrogens with one attached hydrogen (secondary N) is 2. The molecule has 4 aromatic rings. The third-order valence-electron chi connectivity index (χ3n) is 13.7. The number of aromatic carboxylic acids is 1. The zero-order chi connectivity index (χ0) is 41.2. The second-order valence-corrected chi connectivity index (χ2v) is 20.0. The van der Waals surface area contributed by atoms with Crippen LogP contribution in [0.2, 0.25) is 0 Å². The molecule has 0 spiro atoms. The molecule has 4 saturated carbocycles. The number of anilines is 4. The van der Waals surface area contributed by atoms with E-state index < -0.39 is 5.97 Å². The number of carboxylic acids is 1. The van der Waals surface area contributed by atoms with Crippen molar-refractivity contribution in [2.24, 2.45) is 27.0 Å². The molecule has 2 unspecified atom stereocenters. The summed E-state index contributed by atoms with van der Waals surface area (Å²) in [5.41, 5.74) is 12.5. The Morgan fingerprint density at radius 2 is 1.81 bits per heavy atom. The molecule has 59 heavy (non-hydrogen) atoms. The molecule has 4 aliphatic carbocycles. The molecule has 0 radical (unpaired) electrons. The van der Waals surface area contributed by atoms with Crippen LogP contribution in [0.15, 0.2) is 41.5 Å². The molecule has 14 heteroatoms. The number of pyridine rings is 1. The Morgan fingerprint density at radius 1 is 1.03 bits per heavy atom. The summed E-state index contributed by atoms with van der Waals surface area (Å²) in [6, 6.07) is 9.94. The number of nitrogens with two attached hydrogens (primary N) is 1. The topological polar surface area (TPSA) is 167 Å². The third-order valence-corrected chi connectivity index (χ3v) is 14.6. The molecule has 6 aliphatic rings. The van der Waals surface area contributed by atoms with Gasteiger partial charge in [0, 0.05) is 80.0 Å². The summed E-state index contributed by atoms with van der Waals surface area (Å²) in [7, 11) is 0. The van der Waals surface area contributed by atoms with Crippen LogP contribution in [-0.4, -0.2) is 99.9 Å². The Kier molecular flexibility index (Phi) is 10.3. The highest BCUT2D eigenvalue weighted by Gasteiger charge is 2.66. The highest BCUT2D eigenvalue weighted by molar-refractivity contribution is 7.22. The number of hydrogen-bond donors (Lipinski definition) is 4. The number of carboxylic acid groups (broad SMARTS) is 1. The predicted molar refractivity (Wildman–Crippen MR) is 235 cm³/mol. The number of hydrogen-bond acceptors (Lipinski definition) is 13. The Balaban J connectivity index is 0.940. The van der Waals surface area contributed by atoms with Crippen LogP contribution in [0.4, 0.5) is 22.6 Å². The fraction of sp³-hybridized carbons (Fsp3) is 0.556. The minimum Gasteiger partial charge on any atom is -0.476 e. The summed E-state index contributed by atoms with van der Waals surface area (Å²) in [5.74, 6) is 0.729. The van der Waals surface area contributed by atoms with Crippen molar-refractivity contribution in [2.75, 3.05) is 62.6 Å². The van der Waals surface area contributed by atoms with Gasteiger partial charge in [-0.1, -0.05) is 31.3 Å². The van der Waals surface area contributed by atoms with Crippen molar-refractivity contribution in [1.29, 1.82) is 0 Å². The average Bonchev–Trinajstić information content (AvgIpc) is 3.59. The van der Waals surface area contributed by atoms with E-state index in [0.29, 0.717) is 41.7 Å². The molecule has 5 fully saturated rings. The van der Waals surface area contributed by atoms with E-state index in [1.165, 1.54) is 18.2 Å². The second-order valence-electron chi connectivity index (χ2n) is 19.0. The first-order valence-corrected chi connectivity index (χ1v) is 22.1. The number of aromatic nitrogens is 4. The lowest BCUT2D eigenvalue weighted by atomic mass is 9.39. The van der Waals surface area contributed by atoms with Gasteiger partial charge in [-0.05, 0) is 118 Å². The molecule has 2 atom stereocenters. The van der Waals surface area contributed by atoms with E-state index in [-0.39, 0.29) is 27.5 Å². The van der Waals surface area contributed by atoms with Crippen LogP contribution in [-0.2, 0) is 11.2 Å². The number of aliphatic imine (C=N–C) groups is 1. The van der Waals surface area contributed by atoms with Gasteiger partial charge in [-0.25, -0.2) is 14.8 Å². The van der Waals surface area contributed by atoms with Gasteiger partial charge in [-0.15, -0.1) is 10.2 Å². The summed E-state index contributed by atoms with van der Waals surface area (Å²) in [5, 5.41) is 27.4. The molecule has 1 aromatic carbocycles. The summed E-state index contributed by atoms with van der Waals surface area (Å²) < 4.78 is 8.09. The fourth-order valence-electron chi connectivity index (χ4n) is 12.3. The number of benzene rings is 1. The molecule has 3 aromatic heterocycles. The first kappa shape index (κ1) is 39.9. The highest BCUT2D eigenvalue weighted by Crippen LogP contribution is 2.71. The predicted octanol–water partition coefficient (Wildman–Crippen LogP) is 7.43. The summed E-state index contributed by atoms with van der Waals surface area (Å²) in [4.78, 5) is 32.2. The van der Waals surface area contributed by atoms with Crippen molar-refractivity contribution in [3.8, 4) is 0 Å². The van der Waals surface area contributed by atoms with Gasteiger partial charge >= 0.3 is 5.97 Å². The van der Waals surface area contributed by atoms with Crippen LogP contribution in [0.25, 0.3) is 15.8 Å². The maximum absolute atomic E-state index is 12.9. The summed E-state index contributed by atoms with van der Waals surface area (Å²) in [6.07, 6.45) is 9.90. The third kappa shape index (κ3) is 7.73. The molecule has 1 saturated heterocycles. The lowest BCUT2D eigenvalue weighted by Gasteiger charge is -2.69. The van der Waals surface area contributed by atoms with Crippen LogP contribution >= 0.6 is 11.3 Å². The van der Waals surface area contributed by atoms with Gasteiger partial charge in [-0.3, -0.25) is 9.89 Å². The first-order chi connectivity index (χ1) is 28.3. The fourth-order valence-corrected chi connectivity index (χ4v) is 13.2. The van der Waals surface area contributed by atoms with Gasteiger partial charge in [0.2, 0.25) is 0 Å². The van der Waals surface area contributed by atoms with Crippen molar-refractivity contribution in [2.45, 2.75) is 91.6 Å². The molecule has 5 heterocycles. The number of thiazole rings is 1. The molecular formula is C45H58N10O3S. The Hall–Kier alpha value is -4.50. The Morgan fingerprint density at radius 3 is 2.56 bits per heavy atom. The van der Waals surface area contributed by atoms with Crippen molar-refractivity contribution in [3.63, 3.8) is 0 Å². The molecule has 2 aliphatic heterocycles. The minimum atomic E-state index is -1.12. The van der Waals surface area contributed by atoms with Gasteiger partial charge < -0.3 is 31.1 Å². The number of fused-ring (bicyclic) bond motifs is 2. The number of aryl methyl sites for hydroxylation is 1. The van der Waals surface area contributed by atoms with Crippen LogP contribution in [0.1, 0.15) is 98.5 Å². The average molecular weight is 819 g/mol. The van der Waals surface area contributed by atoms with Crippen molar-refractivity contribution < 1.29 is 14.6 Å². The summed E-state index contributed by atoms with van der Waals surface area (Å²) in [6.45, 7) is 18.3. The first-order valence-electron chi connectivity index (χ1n) is 21.3. The van der Waals surface area contributed by atoms with E-state index in [1.54, 1.807) is 11.3 Å². The van der Waals surface area contributed by atoms with Crippen molar-refractivity contribution in [3.05, 3.63) is 64.5 Å². The van der Waals surface area contributed by atoms with E-state index in [1.807, 2.05) is 30.9 Å². The van der Waals surface area contributed by atoms with E-state index >= 15 is 0 Å². The lowest BCUT2D eigenvalue weighted by molar-refractivity contribution is -0.242. The number of nitrogens with zero attached hydrogens (tertiary/aromatic N) is 7. The molecule has 0 amide bonds. The number of carbonyl (C=O) groups is 1. The quantitative estimate of drug-likeness (QED) is 0.105. The number of allylic oxidation sites excluding steroid dienone is 1. The normalized spacial score (nSPS) is 28.3. The molecule has 312 valence electrons. The van der Waals surface area contributed by atoms with Crippen LogP contribution in [0.3, 0.4) is 0 Å². The SMILES string of the molecule is CC(=NCC12CC3(C)CC(C)(C1)CC(OCCN1CCNCC1)(C3)C2)/C(=C\N)c1ccc(N2CCCc3c2nnc(Nc2nc4cc(C)ccc4s2)c3C)nc1C(=O)O. The van der Waals surface area contributed by atoms with Gasteiger partial charge in [0.15, 0.2) is 22.5 Å². The van der Waals surface area contributed by atoms with E-state index in [2.05, 4.69) is 64.7 Å². The lowest BCUT2D eigenvalue weighted by Crippen LogP contribution is -2.64. The minimum absolute atomic E-state index is 0.0235. The number of piperazine rings is 1. The molecule has 5 N–H and O–H groups in total. The van der Waals surface area contributed by atoms with E-state index in [9.17, 15) is 9.90 Å². The van der Waals surface area contributed by atoms with Crippen molar-refractivity contribution >= 4 is 61.4 Å². The maximum atomic E-state index is 12.9. The van der Waals surface area contributed by atoms with Crippen LogP contribution < -0.4 is 21.3 Å². The van der Waals surface area contributed by atoms with Gasteiger partial charge in [-0.2, -0.15) is 0 Å². The summed E-state index contributed by atoms with van der Waals surface area (Å²) >= 11 is 1.58. The van der Waals surface area contributed by atoms with Gasteiger partial charge in [0.05, 0.1) is 22.4 Å².